The molecule has 1 amide bonds. The molecule has 0 saturated carbocycles. The number of amides is 1. The largest absolute Gasteiger partial charge is 0.497 e. The van der Waals surface area contributed by atoms with Crippen molar-refractivity contribution in [1.29, 1.82) is 0 Å². The average molecular weight is 394 g/mol. The highest BCUT2D eigenvalue weighted by molar-refractivity contribution is 7.90. The van der Waals surface area contributed by atoms with Crippen LogP contribution in [0.25, 0.3) is 0 Å². The molecule has 0 bridgehead atoms. The lowest BCUT2D eigenvalue weighted by Gasteiger charge is -2.25. The van der Waals surface area contributed by atoms with Crippen LogP contribution >= 0.6 is 11.6 Å². The van der Waals surface area contributed by atoms with Gasteiger partial charge >= 0.3 is 0 Å². The summed E-state index contributed by atoms with van der Waals surface area (Å²) in [6, 6.07) is 12.0. The van der Waals surface area contributed by atoms with Crippen LogP contribution in [0.15, 0.2) is 47.4 Å². The molecule has 26 heavy (non-hydrogen) atoms. The molecule has 0 spiro atoms. The van der Waals surface area contributed by atoms with Gasteiger partial charge < -0.3 is 9.64 Å². The SMILES string of the molecule is COc1ccc([C@H]2CCCN2C(=O)c2ccc(Cl)c(S(C)(=O)=O)c2)cc1. The van der Waals surface area contributed by atoms with Gasteiger partial charge in [0, 0.05) is 18.4 Å². The summed E-state index contributed by atoms with van der Waals surface area (Å²) >= 11 is 5.98. The average Bonchev–Trinajstić information content (AvgIpc) is 3.10. The Balaban J connectivity index is 1.91. The van der Waals surface area contributed by atoms with Crippen LogP contribution in [0.2, 0.25) is 5.02 Å². The number of likely N-dealkylation sites (tertiary alicyclic amines) is 1. The molecule has 0 N–H and O–H groups in total. The Labute approximate surface area is 158 Å². The van der Waals surface area contributed by atoms with Crippen LogP contribution in [0.1, 0.15) is 34.8 Å². The van der Waals surface area contributed by atoms with Crippen LogP contribution in [-0.4, -0.2) is 39.1 Å². The number of carbonyl (C=O) groups is 1. The van der Waals surface area contributed by atoms with Gasteiger partial charge in [-0.25, -0.2) is 8.42 Å². The van der Waals surface area contributed by atoms with Gasteiger partial charge in [0.2, 0.25) is 0 Å². The predicted molar refractivity (Wildman–Crippen MR) is 101 cm³/mol. The van der Waals surface area contributed by atoms with E-state index in [2.05, 4.69) is 0 Å². The van der Waals surface area contributed by atoms with Crippen molar-refractivity contribution in [2.24, 2.45) is 0 Å². The number of sulfone groups is 1. The number of nitrogens with zero attached hydrogens (tertiary/aromatic N) is 1. The molecule has 0 unspecified atom stereocenters. The Morgan fingerprint density at radius 3 is 2.50 bits per heavy atom. The minimum Gasteiger partial charge on any atom is -0.497 e. The molecule has 1 saturated heterocycles. The zero-order valence-electron chi connectivity index (χ0n) is 14.6. The topological polar surface area (TPSA) is 63.7 Å². The van der Waals surface area contributed by atoms with E-state index < -0.39 is 9.84 Å². The van der Waals surface area contributed by atoms with E-state index >= 15 is 0 Å². The monoisotopic (exact) mass is 393 g/mol. The van der Waals surface area contributed by atoms with Crippen molar-refractivity contribution in [3.05, 3.63) is 58.6 Å². The fraction of sp³-hybridized carbons (Fsp3) is 0.316. The number of hydrogen-bond donors (Lipinski definition) is 0. The molecular weight excluding hydrogens is 374 g/mol. The summed E-state index contributed by atoms with van der Waals surface area (Å²) < 4.78 is 28.9. The Kier molecular flexibility index (Phi) is 5.25. The van der Waals surface area contributed by atoms with Crippen molar-refractivity contribution in [2.75, 3.05) is 19.9 Å². The summed E-state index contributed by atoms with van der Waals surface area (Å²) in [5.41, 5.74) is 1.36. The van der Waals surface area contributed by atoms with Gasteiger partial charge in [0.25, 0.3) is 5.91 Å². The van der Waals surface area contributed by atoms with E-state index in [4.69, 9.17) is 16.3 Å². The number of methoxy groups -OCH3 is 1. The van der Waals surface area contributed by atoms with Gasteiger partial charge in [0.05, 0.1) is 23.1 Å². The van der Waals surface area contributed by atoms with Crippen LogP contribution < -0.4 is 4.74 Å². The number of carbonyl (C=O) groups excluding carboxylic acids is 1. The summed E-state index contributed by atoms with van der Waals surface area (Å²) in [6.07, 6.45) is 2.85. The van der Waals surface area contributed by atoms with Gasteiger partial charge in [0.15, 0.2) is 9.84 Å². The highest BCUT2D eigenvalue weighted by Crippen LogP contribution is 2.34. The maximum Gasteiger partial charge on any atom is 0.254 e. The maximum absolute atomic E-state index is 13.0. The first-order chi connectivity index (χ1) is 12.3. The zero-order valence-corrected chi connectivity index (χ0v) is 16.2. The van der Waals surface area contributed by atoms with E-state index in [9.17, 15) is 13.2 Å². The summed E-state index contributed by atoms with van der Waals surface area (Å²) in [6.45, 7) is 0.631. The second-order valence-electron chi connectivity index (χ2n) is 6.35. The van der Waals surface area contributed by atoms with E-state index in [1.807, 2.05) is 24.3 Å². The second-order valence-corrected chi connectivity index (χ2v) is 8.74. The fourth-order valence-corrected chi connectivity index (χ4v) is 4.57. The van der Waals surface area contributed by atoms with Crippen molar-refractivity contribution >= 4 is 27.3 Å². The molecule has 1 fully saturated rings. The van der Waals surface area contributed by atoms with Crippen molar-refractivity contribution in [3.63, 3.8) is 0 Å². The molecule has 1 atom stereocenters. The minimum absolute atomic E-state index is 0.0230. The van der Waals surface area contributed by atoms with E-state index in [1.54, 1.807) is 18.1 Å². The first-order valence-electron chi connectivity index (χ1n) is 8.26. The third kappa shape index (κ3) is 3.71. The lowest BCUT2D eigenvalue weighted by Crippen LogP contribution is -2.30. The van der Waals surface area contributed by atoms with Crippen LogP contribution in [-0.2, 0) is 9.84 Å². The Morgan fingerprint density at radius 1 is 1.19 bits per heavy atom. The van der Waals surface area contributed by atoms with Crippen LogP contribution in [0.3, 0.4) is 0 Å². The number of ether oxygens (including phenoxy) is 1. The van der Waals surface area contributed by atoms with Gasteiger partial charge in [-0.2, -0.15) is 0 Å². The van der Waals surface area contributed by atoms with Gasteiger partial charge in [-0.3, -0.25) is 4.79 Å². The molecule has 1 aliphatic heterocycles. The fourth-order valence-electron chi connectivity index (χ4n) is 3.27. The van der Waals surface area contributed by atoms with E-state index in [1.165, 1.54) is 12.1 Å². The maximum atomic E-state index is 13.0. The van der Waals surface area contributed by atoms with E-state index in [-0.39, 0.29) is 21.9 Å². The first-order valence-corrected chi connectivity index (χ1v) is 10.5. The molecular formula is C19H20ClNO4S. The van der Waals surface area contributed by atoms with Gasteiger partial charge in [-0.15, -0.1) is 0 Å². The second kappa shape index (κ2) is 7.29. The van der Waals surface area contributed by atoms with Crippen molar-refractivity contribution in [2.45, 2.75) is 23.8 Å². The highest BCUT2D eigenvalue weighted by Gasteiger charge is 2.31. The molecule has 138 valence electrons. The Morgan fingerprint density at radius 2 is 1.88 bits per heavy atom. The molecule has 5 nitrogen and oxygen atoms in total. The molecule has 2 aromatic rings. The van der Waals surface area contributed by atoms with E-state index in [0.717, 1.165) is 30.4 Å². The molecule has 2 aromatic carbocycles. The standard InChI is InChI=1S/C19H20ClNO4S/c1-25-15-8-5-13(6-9-15)17-4-3-11-21(17)19(22)14-7-10-16(20)18(12-14)26(2,23)24/h5-10,12,17H,3-4,11H2,1-2H3/t17-/m1/s1. The lowest BCUT2D eigenvalue weighted by atomic mass is 10.0. The molecule has 0 aliphatic carbocycles. The smallest absolute Gasteiger partial charge is 0.254 e. The molecule has 7 heteroatoms. The molecule has 0 radical (unpaired) electrons. The number of rotatable bonds is 4. The zero-order chi connectivity index (χ0) is 18.9. The molecule has 1 aliphatic rings. The lowest BCUT2D eigenvalue weighted by molar-refractivity contribution is 0.0735. The van der Waals surface area contributed by atoms with Gasteiger partial charge in [0.1, 0.15) is 5.75 Å². The van der Waals surface area contributed by atoms with Crippen molar-refractivity contribution in [3.8, 4) is 5.75 Å². The Bertz CT molecular complexity index is 925. The molecule has 0 aromatic heterocycles. The quantitative estimate of drug-likeness (QED) is 0.793. The minimum atomic E-state index is -3.50. The Hall–Kier alpha value is -2.05. The summed E-state index contributed by atoms with van der Waals surface area (Å²) in [5.74, 6) is 0.574. The van der Waals surface area contributed by atoms with Crippen molar-refractivity contribution in [1.82, 2.24) is 4.90 Å². The normalized spacial score (nSPS) is 17.3. The van der Waals surface area contributed by atoms with Crippen LogP contribution in [0.4, 0.5) is 0 Å². The summed E-state index contributed by atoms with van der Waals surface area (Å²) in [4.78, 5) is 14.8. The predicted octanol–water partition coefficient (Wildman–Crippen LogP) is 3.73. The molecule has 3 rings (SSSR count). The van der Waals surface area contributed by atoms with Crippen LogP contribution in [0, 0.1) is 0 Å². The van der Waals surface area contributed by atoms with Crippen molar-refractivity contribution < 1.29 is 17.9 Å². The summed E-state index contributed by atoms with van der Waals surface area (Å²) in [5, 5.41) is 0.122. The highest BCUT2D eigenvalue weighted by atomic mass is 35.5. The number of halogens is 1. The van der Waals surface area contributed by atoms with Gasteiger partial charge in [-0.05, 0) is 48.7 Å². The van der Waals surface area contributed by atoms with E-state index in [0.29, 0.717) is 12.1 Å². The summed E-state index contributed by atoms with van der Waals surface area (Å²) in [7, 11) is -1.89. The first kappa shape index (κ1) is 18.7. The van der Waals surface area contributed by atoms with Crippen LogP contribution in [0.5, 0.6) is 5.75 Å². The number of benzene rings is 2. The van der Waals surface area contributed by atoms with Gasteiger partial charge in [-0.1, -0.05) is 23.7 Å². The molecule has 1 heterocycles. The third-order valence-corrected chi connectivity index (χ3v) is 6.17. The number of hydrogen-bond acceptors (Lipinski definition) is 4. The third-order valence-electron chi connectivity index (χ3n) is 4.59.